The van der Waals surface area contributed by atoms with Gasteiger partial charge < -0.3 is 10.5 Å². The number of hydrogen-bond donors (Lipinski definition) is 1. The summed E-state index contributed by atoms with van der Waals surface area (Å²) < 4.78 is 32.9. The molecule has 0 fully saturated rings. The van der Waals surface area contributed by atoms with Crippen LogP contribution in [0.1, 0.15) is 29.2 Å². The third kappa shape index (κ3) is 3.22. The topological polar surface area (TPSA) is 81.8 Å². The normalized spacial score (nSPS) is 15.6. The summed E-state index contributed by atoms with van der Waals surface area (Å²) >= 11 is 0. The van der Waals surface area contributed by atoms with Crippen LogP contribution in [0.3, 0.4) is 0 Å². The molecule has 2 N–H and O–H groups in total. The number of amidine groups is 1. The van der Waals surface area contributed by atoms with Crippen LogP contribution in [0.4, 0.5) is 0 Å². The van der Waals surface area contributed by atoms with E-state index in [1.165, 1.54) is 5.56 Å². The average molecular weight is 330 g/mol. The quantitative estimate of drug-likeness (QED) is 0.933. The largest absolute Gasteiger partial charge is 0.488 e. The summed E-state index contributed by atoms with van der Waals surface area (Å²) in [6.45, 7) is 2.50. The van der Waals surface area contributed by atoms with Gasteiger partial charge in [-0.2, -0.15) is 0 Å². The highest BCUT2D eigenvalue weighted by Crippen LogP contribution is 2.28. The van der Waals surface area contributed by atoms with E-state index in [-0.39, 0.29) is 11.6 Å². The van der Waals surface area contributed by atoms with E-state index < -0.39 is 10.0 Å². The average Bonchev–Trinajstić information content (AvgIpc) is 2.51. The highest BCUT2D eigenvalue weighted by Gasteiger charge is 2.25. The molecule has 0 spiro atoms. The molecule has 0 bridgehead atoms. The van der Waals surface area contributed by atoms with Gasteiger partial charge in [-0.25, -0.2) is 8.42 Å². The molecular formula is C17H18N2O3S. The SMILES string of the molecule is CCc1ccccc1COc1cccc2c1C(N)=NS(=O)(=O)C2. The molecule has 23 heavy (non-hydrogen) atoms. The van der Waals surface area contributed by atoms with Gasteiger partial charge in [-0.3, -0.25) is 0 Å². The van der Waals surface area contributed by atoms with E-state index in [1.54, 1.807) is 18.2 Å². The number of fused-ring (bicyclic) bond motifs is 1. The smallest absolute Gasteiger partial charge is 0.259 e. The van der Waals surface area contributed by atoms with Crippen LogP contribution < -0.4 is 10.5 Å². The maximum absolute atomic E-state index is 11.7. The van der Waals surface area contributed by atoms with Crippen LogP contribution in [-0.2, 0) is 28.8 Å². The molecule has 2 aromatic rings. The highest BCUT2D eigenvalue weighted by molar-refractivity contribution is 7.89. The van der Waals surface area contributed by atoms with Crippen molar-refractivity contribution in [2.75, 3.05) is 0 Å². The molecule has 2 aromatic carbocycles. The minimum atomic E-state index is -3.53. The van der Waals surface area contributed by atoms with Crippen molar-refractivity contribution in [3.05, 3.63) is 64.7 Å². The lowest BCUT2D eigenvalue weighted by Gasteiger charge is -2.18. The molecule has 1 aliphatic heterocycles. The third-order valence-corrected chi connectivity index (χ3v) is 4.98. The van der Waals surface area contributed by atoms with Crippen molar-refractivity contribution >= 4 is 15.9 Å². The molecular weight excluding hydrogens is 312 g/mol. The van der Waals surface area contributed by atoms with Crippen molar-refractivity contribution < 1.29 is 13.2 Å². The fourth-order valence-corrected chi connectivity index (χ4v) is 3.82. The first-order chi connectivity index (χ1) is 11.0. The summed E-state index contributed by atoms with van der Waals surface area (Å²) in [4.78, 5) is 0. The Hall–Kier alpha value is -2.34. The number of sulfonamides is 1. The van der Waals surface area contributed by atoms with Gasteiger partial charge in [0.1, 0.15) is 18.2 Å². The van der Waals surface area contributed by atoms with Gasteiger partial charge >= 0.3 is 0 Å². The van der Waals surface area contributed by atoms with Gasteiger partial charge in [0.15, 0.2) is 0 Å². The Bertz CT molecular complexity index is 873. The van der Waals surface area contributed by atoms with Crippen LogP contribution >= 0.6 is 0 Å². The number of hydrogen-bond acceptors (Lipinski definition) is 4. The van der Waals surface area contributed by atoms with Crippen molar-refractivity contribution in [3.63, 3.8) is 0 Å². The molecule has 0 amide bonds. The number of ether oxygens (including phenoxy) is 1. The van der Waals surface area contributed by atoms with Gasteiger partial charge in [-0.1, -0.05) is 43.3 Å². The zero-order chi connectivity index (χ0) is 16.4. The molecule has 6 heteroatoms. The summed E-state index contributed by atoms with van der Waals surface area (Å²) in [5, 5.41) is 0. The van der Waals surface area contributed by atoms with Gasteiger partial charge in [-0.15, -0.1) is 4.40 Å². The zero-order valence-electron chi connectivity index (χ0n) is 12.8. The number of benzene rings is 2. The second-order valence-corrected chi connectivity index (χ2v) is 7.04. The Labute approximate surface area is 135 Å². The maximum atomic E-state index is 11.7. The van der Waals surface area contributed by atoms with Gasteiger partial charge in [0.25, 0.3) is 10.0 Å². The molecule has 0 atom stereocenters. The fraction of sp³-hybridized carbons (Fsp3) is 0.235. The lowest BCUT2D eigenvalue weighted by Crippen LogP contribution is -2.24. The van der Waals surface area contributed by atoms with Crippen molar-refractivity contribution in [2.24, 2.45) is 10.1 Å². The summed E-state index contributed by atoms with van der Waals surface area (Å²) in [5.74, 6) is 0.404. The van der Waals surface area contributed by atoms with Crippen LogP contribution in [0, 0.1) is 0 Å². The summed E-state index contributed by atoms with van der Waals surface area (Å²) in [5.41, 5.74) is 9.37. The number of nitrogens with zero attached hydrogens (tertiary/aromatic N) is 1. The van der Waals surface area contributed by atoms with Crippen LogP contribution in [0.2, 0.25) is 0 Å². The number of rotatable bonds is 4. The molecule has 3 rings (SSSR count). The predicted molar refractivity (Wildman–Crippen MR) is 89.9 cm³/mol. The summed E-state index contributed by atoms with van der Waals surface area (Å²) in [6, 6.07) is 13.4. The summed E-state index contributed by atoms with van der Waals surface area (Å²) in [6.07, 6.45) is 0.925. The lowest BCUT2D eigenvalue weighted by atomic mass is 10.1. The van der Waals surface area contributed by atoms with Gasteiger partial charge in [0, 0.05) is 0 Å². The predicted octanol–water partition coefficient (Wildman–Crippen LogP) is 2.38. The molecule has 0 aromatic heterocycles. The van der Waals surface area contributed by atoms with Gasteiger partial charge in [0.2, 0.25) is 0 Å². The third-order valence-electron chi connectivity index (χ3n) is 3.83. The van der Waals surface area contributed by atoms with Gasteiger partial charge in [0.05, 0.1) is 11.3 Å². The highest BCUT2D eigenvalue weighted by atomic mass is 32.2. The first-order valence-electron chi connectivity index (χ1n) is 7.40. The number of nitrogens with two attached hydrogens (primary N) is 1. The molecule has 0 radical (unpaired) electrons. The van der Waals surface area contributed by atoms with Crippen LogP contribution in [0.25, 0.3) is 0 Å². The fourth-order valence-electron chi connectivity index (χ4n) is 2.73. The van der Waals surface area contributed by atoms with Crippen molar-refractivity contribution in [2.45, 2.75) is 25.7 Å². The van der Waals surface area contributed by atoms with E-state index in [0.29, 0.717) is 23.5 Å². The molecule has 0 aliphatic carbocycles. The number of aryl methyl sites for hydroxylation is 1. The Balaban J connectivity index is 1.91. The van der Waals surface area contributed by atoms with Crippen LogP contribution in [-0.4, -0.2) is 14.3 Å². The second kappa shape index (κ2) is 6.04. The van der Waals surface area contributed by atoms with Crippen LogP contribution in [0.15, 0.2) is 46.9 Å². The van der Waals surface area contributed by atoms with E-state index >= 15 is 0 Å². The minimum absolute atomic E-state index is 0.00868. The molecule has 0 saturated heterocycles. The molecule has 1 heterocycles. The van der Waals surface area contributed by atoms with E-state index in [2.05, 4.69) is 17.4 Å². The Morgan fingerprint density at radius 2 is 1.87 bits per heavy atom. The lowest BCUT2D eigenvalue weighted by molar-refractivity contribution is 0.304. The molecule has 1 aliphatic rings. The van der Waals surface area contributed by atoms with Gasteiger partial charge in [-0.05, 0) is 29.2 Å². The van der Waals surface area contributed by atoms with E-state index in [0.717, 1.165) is 12.0 Å². The first kappa shape index (κ1) is 15.6. The Morgan fingerprint density at radius 1 is 1.13 bits per heavy atom. The van der Waals surface area contributed by atoms with E-state index in [9.17, 15) is 8.42 Å². The monoisotopic (exact) mass is 330 g/mol. The van der Waals surface area contributed by atoms with Crippen LogP contribution in [0.5, 0.6) is 5.75 Å². The molecule has 5 nitrogen and oxygen atoms in total. The maximum Gasteiger partial charge on any atom is 0.259 e. The van der Waals surface area contributed by atoms with E-state index in [1.807, 2.05) is 18.2 Å². The van der Waals surface area contributed by atoms with Crippen molar-refractivity contribution in [1.29, 1.82) is 0 Å². The molecule has 0 saturated carbocycles. The van der Waals surface area contributed by atoms with Crippen molar-refractivity contribution in [1.82, 2.24) is 0 Å². The molecule has 0 unspecified atom stereocenters. The second-order valence-electron chi connectivity index (χ2n) is 5.40. The summed E-state index contributed by atoms with van der Waals surface area (Å²) in [7, 11) is -3.53. The van der Waals surface area contributed by atoms with Crippen molar-refractivity contribution in [3.8, 4) is 5.75 Å². The molecule has 120 valence electrons. The Kier molecular flexibility index (Phi) is 4.09. The van der Waals surface area contributed by atoms with E-state index in [4.69, 9.17) is 10.5 Å². The standard InChI is InChI=1S/C17H18N2O3S/c1-2-12-6-3-4-7-13(12)10-22-15-9-5-8-14-11-23(20,21)19-17(18)16(14)15/h3-9H,2,10-11H2,1H3,(H2,18,19). The first-order valence-corrected chi connectivity index (χ1v) is 9.01. The zero-order valence-corrected chi connectivity index (χ0v) is 13.6. The minimum Gasteiger partial charge on any atom is -0.488 e. The Morgan fingerprint density at radius 3 is 2.61 bits per heavy atom.